The molecule has 2 N–H and O–H groups in total. The minimum atomic E-state index is -0.303. The first-order valence-corrected chi connectivity index (χ1v) is 5.79. The number of benzene rings is 1. The number of halogens is 1. The fourth-order valence-corrected chi connectivity index (χ4v) is 2.34. The summed E-state index contributed by atoms with van der Waals surface area (Å²) in [5, 5.41) is 0. The van der Waals surface area contributed by atoms with Crippen molar-refractivity contribution >= 4 is 17.4 Å². The van der Waals surface area contributed by atoms with E-state index in [-0.39, 0.29) is 5.82 Å². The number of hydrogen-bond acceptors (Lipinski definition) is 3. The van der Waals surface area contributed by atoms with Crippen LogP contribution in [0.25, 0.3) is 0 Å². The Morgan fingerprint density at radius 2 is 2.25 bits per heavy atom. The number of hydrogen-bond donors (Lipinski definition) is 1. The lowest BCUT2D eigenvalue weighted by molar-refractivity contribution is 0.625. The normalized spacial score (nSPS) is 10.6. The fraction of sp³-hybridized carbons (Fsp3) is 0.182. The Labute approximate surface area is 97.5 Å². The molecule has 1 aromatic carbocycles. The van der Waals surface area contributed by atoms with E-state index in [0.717, 1.165) is 10.7 Å². The van der Waals surface area contributed by atoms with E-state index >= 15 is 0 Å². The quantitative estimate of drug-likeness (QED) is 0.658. The van der Waals surface area contributed by atoms with E-state index in [2.05, 4.69) is 4.98 Å². The van der Waals surface area contributed by atoms with E-state index < -0.39 is 0 Å². The second-order valence-corrected chi connectivity index (χ2v) is 4.51. The zero-order chi connectivity index (χ0) is 11.5. The van der Waals surface area contributed by atoms with Crippen LogP contribution in [0, 0.1) is 5.82 Å². The van der Waals surface area contributed by atoms with Gasteiger partial charge in [0.05, 0.1) is 5.75 Å². The van der Waals surface area contributed by atoms with Gasteiger partial charge in [0.15, 0.2) is 0 Å². The maximum atomic E-state index is 13.1. The molecule has 1 heterocycles. The van der Waals surface area contributed by atoms with E-state index in [4.69, 9.17) is 5.73 Å². The summed E-state index contributed by atoms with van der Waals surface area (Å²) in [6.07, 6.45) is 3.63. The summed E-state index contributed by atoms with van der Waals surface area (Å²) in [4.78, 5) is 5.01. The van der Waals surface area contributed by atoms with Crippen LogP contribution in [-0.2, 0) is 12.8 Å². The van der Waals surface area contributed by atoms with Crippen molar-refractivity contribution in [2.75, 3.05) is 5.73 Å². The fourth-order valence-electron chi connectivity index (χ4n) is 1.35. The number of anilines is 1. The van der Waals surface area contributed by atoms with Crippen LogP contribution in [0.1, 0.15) is 5.82 Å². The van der Waals surface area contributed by atoms with Crippen molar-refractivity contribution in [1.82, 2.24) is 9.55 Å². The zero-order valence-corrected chi connectivity index (χ0v) is 9.67. The highest BCUT2D eigenvalue weighted by Crippen LogP contribution is 2.24. The molecule has 0 atom stereocenters. The van der Waals surface area contributed by atoms with Crippen LogP contribution in [-0.4, -0.2) is 9.55 Å². The van der Waals surface area contributed by atoms with Crippen LogP contribution < -0.4 is 5.73 Å². The summed E-state index contributed by atoms with van der Waals surface area (Å²) in [6.45, 7) is 0. The minimum Gasteiger partial charge on any atom is -0.399 e. The summed E-state index contributed by atoms with van der Waals surface area (Å²) in [7, 11) is 1.93. The van der Waals surface area contributed by atoms with Gasteiger partial charge >= 0.3 is 0 Å². The van der Waals surface area contributed by atoms with Gasteiger partial charge in [-0.15, -0.1) is 11.8 Å². The molecule has 0 aliphatic rings. The summed E-state index contributed by atoms with van der Waals surface area (Å²) in [6, 6.07) is 4.55. The molecule has 1 aromatic heterocycles. The smallest absolute Gasteiger partial charge is 0.126 e. The van der Waals surface area contributed by atoms with Crippen LogP contribution in [0.3, 0.4) is 0 Å². The van der Waals surface area contributed by atoms with Gasteiger partial charge in [-0.25, -0.2) is 9.37 Å². The Bertz CT molecular complexity index is 475. The highest BCUT2D eigenvalue weighted by molar-refractivity contribution is 7.98. The number of rotatable bonds is 3. The highest BCUT2D eigenvalue weighted by atomic mass is 32.2. The van der Waals surface area contributed by atoms with Gasteiger partial charge in [0.1, 0.15) is 11.6 Å². The molecular formula is C11H12FN3S. The van der Waals surface area contributed by atoms with Crippen LogP contribution in [0.15, 0.2) is 35.5 Å². The second kappa shape index (κ2) is 4.57. The van der Waals surface area contributed by atoms with Gasteiger partial charge in [-0.1, -0.05) is 0 Å². The van der Waals surface area contributed by atoms with Crippen molar-refractivity contribution < 1.29 is 4.39 Å². The van der Waals surface area contributed by atoms with E-state index in [1.165, 1.54) is 23.9 Å². The predicted molar refractivity (Wildman–Crippen MR) is 63.6 cm³/mol. The van der Waals surface area contributed by atoms with Crippen LogP contribution in [0.4, 0.5) is 10.1 Å². The molecular weight excluding hydrogens is 225 g/mol. The molecule has 0 saturated heterocycles. The number of nitrogens with two attached hydrogens (primary N) is 1. The lowest BCUT2D eigenvalue weighted by atomic mass is 10.3. The lowest BCUT2D eigenvalue weighted by Gasteiger charge is -2.03. The average molecular weight is 237 g/mol. The molecule has 0 aliphatic heterocycles. The number of nitrogens with zero attached hydrogens (tertiary/aromatic N) is 2. The van der Waals surface area contributed by atoms with Crippen molar-refractivity contribution in [3.05, 3.63) is 42.2 Å². The molecule has 16 heavy (non-hydrogen) atoms. The van der Waals surface area contributed by atoms with Crippen LogP contribution in [0.5, 0.6) is 0 Å². The Morgan fingerprint density at radius 1 is 1.44 bits per heavy atom. The average Bonchev–Trinajstić information content (AvgIpc) is 2.59. The standard InChI is InChI=1S/C11H12FN3S/c1-15-3-2-14-11(15)7-16-10-5-8(12)4-9(13)6-10/h2-6H,7,13H2,1H3. The van der Waals surface area contributed by atoms with Gasteiger partial charge < -0.3 is 10.3 Å². The zero-order valence-electron chi connectivity index (χ0n) is 8.85. The molecule has 5 heteroatoms. The van der Waals surface area contributed by atoms with E-state index in [1.54, 1.807) is 12.3 Å². The molecule has 0 bridgehead atoms. The second-order valence-electron chi connectivity index (χ2n) is 3.46. The third kappa shape index (κ3) is 2.55. The third-order valence-electron chi connectivity index (χ3n) is 2.18. The molecule has 84 valence electrons. The number of thioether (sulfide) groups is 1. The number of nitrogen functional groups attached to an aromatic ring is 1. The number of imidazole rings is 1. The lowest BCUT2D eigenvalue weighted by Crippen LogP contribution is -1.94. The molecule has 0 fully saturated rings. The topological polar surface area (TPSA) is 43.8 Å². The predicted octanol–water partition coefficient (Wildman–Crippen LogP) is 2.43. The van der Waals surface area contributed by atoms with Crippen LogP contribution in [0.2, 0.25) is 0 Å². The third-order valence-corrected chi connectivity index (χ3v) is 3.15. The monoisotopic (exact) mass is 237 g/mol. The SMILES string of the molecule is Cn1ccnc1CSc1cc(N)cc(F)c1. The Balaban J connectivity index is 2.07. The maximum absolute atomic E-state index is 13.1. The highest BCUT2D eigenvalue weighted by Gasteiger charge is 2.03. The van der Waals surface area contributed by atoms with Gasteiger partial charge in [-0.05, 0) is 18.2 Å². The van der Waals surface area contributed by atoms with Gasteiger partial charge in [0.2, 0.25) is 0 Å². The number of aromatic nitrogens is 2. The molecule has 0 aliphatic carbocycles. The largest absolute Gasteiger partial charge is 0.399 e. The van der Waals surface area contributed by atoms with Crippen molar-refractivity contribution in [2.45, 2.75) is 10.6 Å². The molecule has 0 unspecified atom stereocenters. The molecule has 0 spiro atoms. The first-order chi connectivity index (χ1) is 7.65. The molecule has 2 rings (SSSR count). The molecule has 0 amide bonds. The minimum absolute atomic E-state index is 0.303. The summed E-state index contributed by atoms with van der Waals surface area (Å²) < 4.78 is 15.0. The molecule has 0 radical (unpaired) electrons. The number of aryl methyl sites for hydroxylation is 1. The van der Waals surface area contributed by atoms with Crippen molar-refractivity contribution in [2.24, 2.45) is 7.05 Å². The van der Waals surface area contributed by atoms with Gasteiger partial charge in [-0.2, -0.15) is 0 Å². The van der Waals surface area contributed by atoms with E-state index in [9.17, 15) is 4.39 Å². The Hall–Kier alpha value is -1.49. The molecule has 2 aromatic rings. The van der Waals surface area contributed by atoms with Gasteiger partial charge in [0.25, 0.3) is 0 Å². The summed E-state index contributed by atoms with van der Waals surface area (Å²) in [5.74, 6) is 1.35. The van der Waals surface area contributed by atoms with Gasteiger partial charge in [-0.3, -0.25) is 0 Å². The molecule has 3 nitrogen and oxygen atoms in total. The van der Waals surface area contributed by atoms with Crippen LogP contribution >= 0.6 is 11.8 Å². The van der Waals surface area contributed by atoms with Crippen molar-refractivity contribution in [3.63, 3.8) is 0 Å². The van der Waals surface area contributed by atoms with E-state index in [0.29, 0.717) is 11.4 Å². The first kappa shape index (κ1) is 11.0. The Kier molecular flexibility index (Phi) is 3.14. The van der Waals surface area contributed by atoms with Gasteiger partial charge in [0, 0.05) is 30.0 Å². The Morgan fingerprint density at radius 3 is 2.88 bits per heavy atom. The first-order valence-electron chi connectivity index (χ1n) is 4.80. The van der Waals surface area contributed by atoms with Crippen molar-refractivity contribution in [3.8, 4) is 0 Å². The summed E-state index contributed by atoms with van der Waals surface area (Å²) in [5.41, 5.74) is 6.01. The maximum Gasteiger partial charge on any atom is 0.126 e. The van der Waals surface area contributed by atoms with Crippen molar-refractivity contribution in [1.29, 1.82) is 0 Å². The molecule has 0 saturated carbocycles. The van der Waals surface area contributed by atoms with E-state index in [1.807, 2.05) is 17.8 Å². The summed E-state index contributed by atoms with van der Waals surface area (Å²) >= 11 is 1.52.